The van der Waals surface area contributed by atoms with E-state index in [-0.39, 0.29) is 17.2 Å². The average molecular weight is 238 g/mol. The molecule has 5 heteroatoms. The Balaban J connectivity index is 3.18. The molecule has 0 aliphatic heterocycles. The van der Waals surface area contributed by atoms with E-state index in [1.807, 2.05) is 13.8 Å². The van der Waals surface area contributed by atoms with E-state index in [0.29, 0.717) is 5.75 Å². The first-order valence-corrected chi connectivity index (χ1v) is 5.07. The molecule has 0 atom stereocenters. The number of carbonyl (C=O) groups excluding carboxylic acids is 1. The third-order valence-corrected chi connectivity index (χ3v) is 1.95. The van der Waals surface area contributed by atoms with Gasteiger partial charge in [0.1, 0.15) is 5.75 Å². The number of hydrogen-bond donors (Lipinski definition) is 1. The van der Waals surface area contributed by atoms with Crippen molar-refractivity contribution in [1.82, 2.24) is 0 Å². The summed E-state index contributed by atoms with van der Waals surface area (Å²) in [5.74, 6) is -1.38. The third kappa shape index (κ3) is 3.48. The van der Waals surface area contributed by atoms with E-state index in [4.69, 9.17) is 9.84 Å². The van der Waals surface area contributed by atoms with Crippen LogP contribution >= 0.6 is 0 Å². The van der Waals surface area contributed by atoms with Crippen molar-refractivity contribution in [3.05, 3.63) is 29.3 Å². The van der Waals surface area contributed by atoms with Gasteiger partial charge in [-0.25, -0.2) is 9.59 Å². The first-order valence-electron chi connectivity index (χ1n) is 5.07. The Labute approximate surface area is 99.0 Å². The number of rotatable bonds is 4. The van der Waals surface area contributed by atoms with E-state index >= 15 is 0 Å². The van der Waals surface area contributed by atoms with Crippen LogP contribution in [0.2, 0.25) is 0 Å². The monoisotopic (exact) mass is 238 g/mol. The highest BCUT2D eigenvalue weighted by atomic mass is 16.5. The number of carboxylic acid groups (broad SMARTS) is 1. The van der Waals surface area contributed by atoms with E-state index in [1.54, 1.807) is 0 Å². The average Bonchev–Trinajstić information content (AvgIpc) is 2.26. The first kappa shape index (κ1) is 13.0. The SMILES string of the molecule is COC(=O)c1cc(OC(C)C)cc(C(=O)O)c1. The van der Waals surface area contributed by atoms with Crippen LogP contribution in [-0.4, -0.2) is 30.3 Å². The molecule has 0 radical (unpaired) electrons. The summed E-state index contributed by atoms with van der Waals surface area (Å²) in [6.45, 7) is 3.62. The molecule has 92 valence electrons. The molecule has 17 heavy (non-hydrogen) atoms. The standard InChI is InChI=1S/C12H14O5/c1-7(2)17-10-5-8(11(13)14)4-9(6-10)12(15)16-3/h4-7H,1-3H3,(H,13,14). The summed E-state index contributed by atoms with van der Waals surface area (Å²) < 4.78 is 9.91. The third-order valence-electron chi connectivity index (χ3n) is 1.95. The molecular weight excluding hydrogens is 224 g/mol. The maximum Gasteiger partial charge on any atom is 0.338 e. The highest BCUT2D eigenvalue weighted by molar-refractivity contribution is 5.95. The van der Waals surface area contributed by atoms with Gasteiger partial charge in [-0.2, -0.15) is 0 Å². The van der Waals surface area contributed by atoms with Crippen LogP contribution < -0.4 is 4.74 Å². The number of aromatic carboxylic acids is 1. The zero-order valence-electron chi connectivity index (χ0n) is 9.89. The molecule has 0 amide bonds. The van der Waals surface area contributed by atoms with Gasteiger partial charge in [-0.3, -0.25) is 0 Å². The van der Waals surface area contributed by atoms with Gasteiger partial charge in [0.25, 0.3) is 0 Å². The molecule has 1 aromatic rings. The smallest absolute Gasteiger partial charge is 0.338 e. The number of hydrogen-bond acceptors (Lipinski definition) is 4. The summed E-state index contributed by atoms with van der Waals surface area (Å²) in [4.78, 5) is 22.2. The van der Waals surface area contributed by atoms with Gasteiger partial charge in [-0.1, -0.05) is 0 Å². The van der Waals surface area contributed by atoms with Crippen molar-refractivity contribution in [3.8, 4) is 5.75 Å². The molecule has 1 aromatic carbocycles. The molecule has 1 N–H and O–H groups in total. The molecule has 0 saturated carbocycles. The predicted molar refractivity (Wildman–Crippen MR) is 60.5 cm³/mol. The van der Waals surface area contributed by atoms with E-state index in [0.717, 1.165) is 0 Å². The Hall–Kier alpha value is -2.04. The largest absolute Gasteiger partial charge is 0.491 e. The van der Waals surface area contributed by atoms with Gasteiger partial charge in [0.15, 0.2) is 0 Å². The lowest BCUT2D eigenvalue weighted by Crippen LogP contribution is -2.09. The number of esters is 1. The minimum absolute atomic E-state index is 0.0106. The van der Waals surface area contributed by atoms with E-state index < -0.39 is 11.9 Å². The summed E-state index contributed by atoms with van der Waals surface area (Å²) in [6, 6.07) is 4.08. The number of ether oxygens (including phenoxy) is 2. The van der Waals surface area contributed by atoms with Gasteiger partial charge in [-0.15, -0.1) is 0 Å². The van der Waals surface area contributed by atoms with Gasteiger partial charge in [0, 0.05) is 0 Å². The summed E-state index contributed by atoms with van der Waals surface area (Å²) in [6.07, 6.45) is -0.107. The fourth-order valence-electron chi connectivity index (χ4n) is 1.30. The number of methoxy groups -OCH3 is 1. The van der Waals surface area contributed by atoms with Gasteiger partial charge >= 0.3 is 11.9 Å². The summed E-state index contributed by atoms with van der Waals surface area (Å²) in [5.41, 5.74) is 0.145. The maximum absolute atomic E-state index is 11.4. The highest BCUT2D eigenvalue weighted by Crippen LogP contribution is 2.19. The van der Waals surface area contributed by atoms with Crippen LogP contribution in [-0.2, 0) is 4.74 Å². The minimum atomic E-state index is -1.12. The van der Waals surface area contributed by atoms with E-state index in [2.05, 4.69) is 4.74 Å². The summed E-state index contributed by atoms with van der Waals surface area (Å²) in [7, 11) is 1.23. The van der Waals surface area contributed by atoms with Crippen molar-refractivity contribution in [3.63, 3.8) is 0 Å². The summed E-state index contributed by atoms with van der Waals surface area (Å²) >= 11 is 0. The Morgan fingerprint density at radius 2 is 1.76 bits per heavy atom. The van der Waals surface area contributed by atoms with Crippen LogP contribution in [0.25, 0.3) is 0 Å². The molecule has 0 aliphatic carbocycles. The van der Waals surface area contributed by atoms with Crippen molar-refractivity contribution in [2.24, 2.45) is 0 Å². The Bertz CT molecular complexity index is 437. The van der Waals surface area contributed by atoms with Crippen LogP contribution in [0.3, 0.4) is 0 Å². The molecular formula is C12H14O5. The van der Waals surface area contributed by atoms with E-state index in [9.17, 15) is 9.59 Å². The first-order chi connectivity index (χ1) is 7.93. The molecule has 0 heterocycles. The molecule has 0 aromatic heterocycles. The lowest BCUT2D eigenvalue weighted by atomic mass is 10.1. The topological polar surface area (TPSA) is 72.8 Å². The Morgan fingerprint density at radius 1 is 1.18 bits per heavy atom. The normalized spacial score (nSPS) is 10.1. The van der Waals surface area contributed by atoms with Crippen molar-refractivity contribution in [1.29, 1.82) is 0 Å². The molecule has 0 unspecified atom stereocenters. The van der Waals surface area contributed by atoms with Crippen molar-refractivity contribution >= 4 is 11.9 Å². The van der Waals surface area contributed by atoms with Crippen LogP contribution in [0.1, 0.15) is 34.6 Å². The zero-order chi connectivity index (χ0) is 13.0. The number of carboxylic acids is 1. The Morgan fingerprint density at radius 3 is 2.24 bits per heavy atom. The molecule has 5 nitrogen and oxygen atoms in total. The number of carbonyl (C=O) groups is 2. The highest BCUT2D eigenvalue weighted by Gasteiger charge is 2.13. The lowest BCUT2D eigenvalue weighted by molar-refractivity contribution is 0.0600. The van der Waals surface area contributed by atoms with Crippen LogP contribution in [0.5, 0.6) is 5.75 Å². The van der Waals surface area contributed by atoms with Crippen LogP contribution in [0.4, 0.5) is 0 Å². The molecule has 0 bridgehead atoms. The molecule has 0 saturated heterocycles. The quantitative estimate of drug-likeness (QED) is 0.812. The Kier molecular flexibility index (Phi) is 4.09. The second-order valence-electron chi connectivity index (χ2n) is 3.71. The van der Waals surface area contributed by atoms with Gasteiger partial charge in [0.2, 0.25) is 0 Å². The lowest BCUT2D eigenvalue weighted by Gasteiger charge is -2.11. The van der Waals surface area contributed by atoms with E-state index in [1.165, 1.54) is 25.3 Å². The fourth-order valence-corrected chi connectivity index (χ4v) is 1.30. The summed E-state index contributed by atoms with van der Waals surface area (Å²) in [5, 5.41) is 8.91. The maximum atomic E-state index is 11.4. The van der Waals surface area contributed by atoms with Crippen LogP contribution in [0, 0.1) is 0 Å². The molecule has 1 rings (SSSR count). The van der Waals surface area contributed by atoms with Gasteiger partial charge in [-0.05, 0) is 32.0 Å². The van der Waals surface area contributed by atoms with Crippen molar-refractivity contribution in [2.45, 2.75) is 20.0 Å². The predicted octanol–water partition coefficient (Wildman–Crippen LogP) is 1.96. The van der Waals surface area contributed by atoms with Crippen molar-refractivity contribution in [2.75, 3.05) is 7.11 Å². The number of benzene rings is 1. The fraction of sp³-hybridized carbons (Fsp3) is 0.333. The minimum Gasteiger partial charge on any atom is -0.491 e. The molecule has 0 spiro atoms. The molecule has 0 aliphatic rings. The van der Waals surface area contributed by atoms with Crippen LogP contribution in [0.15, 0.2) is 18.2 Å². The van der Waals surface area contributed by atoms with Gasteiger partial charge in [0.05, 0.1) is 24.3 Å². The van der Waals surface area contributed by atoms with Crippen molar-refractivity contribution < 1.29 is 24.2 Å². The zero-order valence-corrected chi connectivity index (χ0v) is 9.89. The van der Waals surface area contributed by atoms with Gasteiger partial charge < -0.3 is 14.6 Å². The second-order valence-corrected chi connectivity index (χ2v) is 3.71. The molecule has 0 fully saturated rings. The second kappa shape index (κ2) is 5.34.